The van der Waals surface area contributed by atoms with Gasteiger partial charge in [0.1, 0.15) is 5.75 Å². The molecule has 16 heavy (non-hydrogen) atoms. The molecule has 0 spiro atoms. The average molecular weight is 220 g/mol. The van der Waals surface area contributed by atoms with Gasteiger partial charge in [0.05, 0.1) is 0 Å². The number of rotatable bonds is 5. The average Bonchev–Trinajstić information content (AvgIpc) is 2.23. The first-order chi connectivity index (χ1) is 7.56. The van der Waals surface area contributed by atoms with Crippen LogP contribution in [0.2, 0.25) is 0 Å². The van der Waals surface area contributed by atoms with Crippen molar-refractivity contribution in [2.24, 2.45) is 0 Å². The van der Waals surface area contributed by atoms with Gasteiger partial charge in [-0.1, -0.05) is 19.8 Å². The topological polar surface area (TPSA) is 37.3 Å². The summed E-state index contributed by atoms with van der Waals surface area (Å²) in [6.45, 7) is 5.81. The van der Waals surface area contributed by atoms with Crippen molar-refractivity contribution in [1.29, 1.82) is 0 Å². The zero-order chi connectivity index (χ0) is 12.1. The van der Waals surface area contributed by atoms with Gasteiger partial charge in [-0.05, 0) is 43.5 Å². The molecule has 0 amide bonds. The Kier molecular flexibility index (Phi) is 4.53. The summed E-state index contributed by atoms with van der Waals surface area (Å²) >= 11 is 0. The number of unbranched alkanes of at least 4 members (excludes halogenated alkanes) is 2. The standard InChI is InChI=1S/C14H20O2/c1-4-5-6-7-13(15)12-8-11(3)14(16)9-10(12)2/h8-9,16H,4-7H2,1-3H3. The molecular formula is C14H20O2. The highest BCUT2D eigenvalue weighted by Crippen LogP contribution is 2.22. The Balaban J connectivity index is 2.79. The zero-order valence-electron chi connectivity index (χ0n) is 10.3. The van der Waals surface area contributed by atoms with Gasteiger partial charge >= 0.3 is 0 Å². The predicted octanol–water partition coefficient (Wildman–Crippen LogP) is 3.77. The molecule has 0 aliphatic heterocycles. The van der Waals surface area contributed by atoms with Gasteiger partial charge in [0.25, 0.3) is 0 Å². The maximum atomic E-state index is 11.9. The van der Waals surface area contributed by atoms with Crippen molar-refractivity contribution >= 4 is 5.78 Å². The highest BCUT2D eigenvalue weighted by atomic mass is 16.3. The van der Waals surface area contributed by atoms with Crippen LogP contribution in [0.25, 0.3) is 0 Å². The number of hydrogen-bond donors (Lipinski definition) is 1. The largest absolute Gasteiger partial charge is 0.508 e. The number of Topliss-reactive ketones (excluding diaryl/α,β-unsaturated/α-hetero) is 1. The van der Waals surface area contributed by atoms with Crippen LogP contribution in [0.4, 0.5) is 0 Å². The minimum absolute atomic E-state index is 0.189. The Hall–Kier alpha value is -1.31. The SMILES string of the molecule is CCCCCC(=O)c1cc(C)c(O)cc1C. The molecule has 2 heteroatoms. The van der Waals surface area contributed by atoms with E-state index in [0.717, 1.165) is 36.0 Å². The summed E-state index contributed by atoms with van der Waals surface area (Å²) in [6, 6.07) is 3.46. The summed E-state index contributed by atoms with van der Waals surface area (Å²) in [5, 5.41) is 9.51. The number of phenols is 1. The van der Waals surface area contributed by atoms with Gasteiger partial charge in [0.2, 0.25) is 0 Å². The molecule has 1 aromatic rings. The number of ketones is 1. The Morgan fingerprint density at radius 2 is 1.88 bits per heavy atom. The Morgan fingerprint density at radius 1 is 1.19 bits per heavy atom. The van der Waals surface area contributed by atoms with Crippen molar-refractivity contribution in [2.45, 2.75) is 46.5 Å². The lowest BCUT2D eigenvalue weighted by Gasteiger charge is -2.07. The lowest BCUT2D eigenvalue weighted by Crippen LogP contribution is -2.02. The molecule has 0 unspecified atom stereocenters. The first-order valence-electron chi connectivity index (χ1n) is 5.89. The van der Waals surface area contributed by atoms with Crippen molar-refractivity contribution in [1.82, 2.24) is 0 Å². The molecule has 1 N–H and O–H groups in total. The number of hydrogen-bond acceptors (Lipinski definition) is 2. The van der Waals surface area contributed by atoms with Crippen LogP contribution in [-0.2, 0) is 0 Å². The van der Waals surface area contributed by atoms with E-state index in [0.29, 0.717) is 6.42 Å². The van der Waals surface area contributed by atoms with Crippen LogP contribution < -0.4 is 0 Å². The quantitative estimate of drug-likeness (QED) is 0.605. The molecule has 0 aromatic heterocycles. The molecule has 1 rings (SSSR count). The van der Waals surface area contributed by atoms with Crippen LogP contribution in [-0.4, -0.2) is 10.9 Å². The second-order valence-corrected chi connectivity index (χ2v) is 4.33. The molecule has 2 nitrogen and oxygen atoms in total. The van der Waals surface area contributed by atoms with E-state index >= 15 is 0 Å². The Labute approximate surface area is 97.3 Å². The molecular weight excluding hydrogens is 200 g/mol. The van der Waals surface area contributed by atoms with Crippen molar-refractivity contribution in [3.63, 3.8) is 0 Å². The predicted molar refractivity (Wildman–Crippen MR) is 66.1 cm³/mol. The van der Waals surface area contributed by atoms with Gasteiger partial charge in [0, 0.05) is 12.0 Å². The van der Waals surface area contributed by atoms with E-state index < -0.39 is 0 Å². The smallest absolute Gasteiger partial charge is 0.163 e. The zero-order valence-corrected chi connectivity index (χ0v) is 10.3. The van der Waals surface area contributed by atoms with Crippen LogP contribution in [0.5, 0.6) is 5.75 Å². The van der Waals surface area contributed by atoms with Crippen LogP contribution in [0.15, 0.2) is 12.1 Å². The van der Waals surface area contributed by atoms with Gasteiger partial charge in [-0.3, -0.25) is 4.79 Å². The normalized spacial score (nSPS) is 10.4. The lowest BCUT2D eigenvalue weighted by atomic mass is 9.98. The summed E-state index contributed by atoms with van der Waals surface area (Å²) in [6.07, 6.45) is 3.79. The third kappa shape index (κ3) is 3.09. The number of benzene rings is 1. The van der Waals surface area contributed by atoms with Crippen LogP contribution in [0.1, 0.15) is 54.1 Å². The van der Waals surface area contributed by atoms with Gasteiger partial charge in [-0.15, -0.1) is 0 Å². The summed E-state index contributed by atoms with van der Waals surface area (Å²) in [5.74, 6) is 0.455. The van der Waals surface area contributed by atoms with Crippen molar-refractivity contribution in [3.05, 3.63) is 28.8 Å². The molecule has 0 bridgehead atoms. The molecule has 1 aromatic carbocycles. The maximum Gasteiger partial charge on any atom is 0.163 e. The van der Waals surface area contributed by atoms with E-state index in [-0.39, 0.29) is 11.5 Å². The van der Waals surface area contributed by atoms with Gasteiger partial charge in [0.15, 0.2) is 5.78 Å². The van der Waals surface area contributed by atoms with Crippen molar-refractivity contribution in [2.75, 3.05) is 0 Å². The number of carbonyl (C=O) groups excluding carboxylic acids is 1. The number of carbonyl (C=O) groups is 1. The Bertz CT molecular complexity index is 381. The second-order valence-electron chi connectivity index (χ2n) is 4.33. The van der Waals surface area contributed by atoms with E-state index in [4.69, 9.17) is 0 Å². The molecule has 0 aliphatic carbocycles. The van der Waals surface area contributed by atoms with Gasteiger partial charge in [-0.2, -0.15) is 0 Å². The molecule has 0 saturated carbocycles. The highest BCUT2D eigenvalue weighted by Gasteiger charge is 2.10. The minimum atomic E-state index is 0.189. The fourth-order valence-electron chi connectivity index (χ4n) is 1.77. The first kappa shape index (κ1) is 12.8. The molecule has 0 atom stereocenters. The van der Waals surface area contributed by atoms with Crippen LogP contribution >= 0.6 is 0 Å². The fraction of sp³-hybridized carbons (Fsp3) is 0.500. The molecule has 88 valence electrons. The lowest BCUT2D eigenvalue weighted by molar-refractivity contribution is 0.0978. The first-order valence-corrected chi connectivity index (χ1v) is 5.89. The van der Waals surface area contributed by atoms with Gasteiger partial charge < -0.3 is 5.11 Å². The molecule has 0 radical (unpaired) electrons. The fourth-order valence-corrected chi connectivity index (χ4v) is 1.77. The summed E-state index contributed by atoms with van der Waals surface area (Å²) in [7, 11) is 0. The van der Waals surface area contributed by atoms with Crippen LogP contribution in [0, 0.1) is 13.8 Å². The number of aromatic hydroxyl groups is 1. The minimum Gasteiger partial charge on any atom is -0.508 e. The number of phenolic OH excluding ortho intramolecular Hbond substituents is 1. The molecule has 0 saturated heterocycles. The van der Waals surface area contributed by atoms with Gasteiger partial charge in [-0.25, -0.2) is 0 Å². The van der Waals surface area contributed by atoms with E-state index in [1.165, 1.54) is 0 Å². The third-order valence-corrected chi connectivity index (χ3v) is 2.85. The summed E-state index contributed by atoms with van der Waals surface area (Å²) in [5.41, 5.74) is 2.39. The molecule has 0 heterocycles. The van der Waals surface area contributed by atoms with E-state index in [2.05, 4.69) is 6.92 Å². The molecule has 0 fully saturated rings. The van der Waals surface area contributed by atoms with Crippen molar-refractivity contribution in [3.8, 4) is 5.75 Å². The van der Waals surface area contributed by atoms with E-state index in [1.807, 2.05) is 13.8 Å². The third-order valence-electron chi connectivity index (χ3n) is 2.85. The maximum absolute atomic E-state index is 11.9. The Morgan fingerprint density at radius 3 is 2.50 bits per heavy atom. The monoisotopic (exact) mass is 220 g/mol. The molecule has 0 aliphatic rings. The van der Waals surface area contributed by atoms with E-state index in [1.54, 1.807) is 12.1 Å². The highest BCUT2D eigenvalue weighted by molar-refractivity contribution is 5.97. The van der Waals surface area contributed by atoms with E-state index in [9.17, 15) is 9.90 Å². The summed E-state index contributed by atoms with van der Waals surface area (Å²) in [4.78, 5) is 11.9. The van der Waals surface area contributed by atoms with Crippen molar-refractivity contribution < 1.29 is 9.90 Å². The number of aryl methyl sites for hydroxylation is 2. The van der Waals surface area contributed by atoms with Crippen LogP contribution in [0.3, 0.4) is 0 Å². The second kappa shape index (κ2) is 5.69. The summed E-state index contributed by atoms with van der Waals surface area (Å²) < 4.78 is 0.